The largest absolute Gasteiger partial charge is 0.416 e. The van der Waals surface area contributed by atoms with Gasteiger partial charge in [-0.25, -0.2) is 0 Å². The Morgan fingerprint density at radius 3 is 2.29 bits per heavy atom. The fourth-order valence-electron chi connectivity index (χ4n) is 2.64. The number of nitrogens with zero attached hydrogens (tertiary/aromatic N) is 1. The SMILES string of the molecule is C[C@H](CN1CCCC1)C(=O)Cc1ccc(C(F)(F)F)cc1. The van der Waals surface area contributed by atoms with Gasteiger partial charge in [0.2, 0.25) is 0 Å². The van der Waals surface area contributed by atoms with Gasteiger partial charge in [-0.05, 0) is 43.6 Å². The second kappa shape index (κ2) is 6.60. The molecule has 2 rings (SSSR count). The van der Waals surface area contributed by atoms with Gasteiger partial charge in [-0.3, -0.25) is 4.79 Å². The monoisotopic (exact) mass is 299 g/mol. The maximum Gasteiger partial charge on any atom is 0.416 e. The number of benzene rings is 1. The average Bonchev–Trinajstić information content (AvgIpc) is 2.91. The summed E-state index contributed by atoms with van der Waals surface area (Å²) >= 11 is 0. The summed E-state index contributed by atoms with van der Waals surface area (Å²) in [5.74, 6) is 0.00653. The standard InChI is InChI=1S/C16H20F3NO/c1-12(11-20-8-2-3-9-20)15(21)10-13-4-6-14(7-5-13)16(17,18)19/h4-7,12H,2-3,8-11H2,1H3/t12-/m1/s1. The normalized spacial score (nSPS) is 17.9. The Balaban J connectivity index is 1.89. The van der Waals surface area contributed by atoms with Crippen LogP contribution < -0.4 is 0 Å². The van der Waals surface area contributed by atoms with Crippen molar-refractivity contribution in [2.75, 3.05) is 19.6 Å². The number of Topliss-reactive ketones (excluding diaryl/α,β-unsaturated/α-hetero) is 1. The first-order valence-electron chi connectivity index (χ1n) is 7.27. The molecule has 0 aliphatic carbocycles. The minimum atomic E-state index is -4.33. The van der Waals surface area contributed by atoms with E-state index in [2.05, 4.69) is 4.90 Å². The third kappa shape index (κ3) is 4.56. The molecule has 116 valence electrons. The number of ketones is 1. The van der Waals surface area contributed by atoms with Gasteiger partial charge in [0.25, 0.3) is 0 Å². The molecule has 1 aliphatic heterocycles. The molecular weight excluding hydrogens is 279 g/mol. The van der Waals surface area contributed by atoms with E-state index in [4.69, 9.17) is 0 Å². The number of hydrogen-bond acceptors (Lipinski definition) is 2. The number of likely N-dealkylation sites (tertiary alicyclic amines) is 1. The third-order valence-electron chi connectivity index (χ3n) is 3.94. The Kier molecular flexibility index (Phi) is 5.04. The van der Waals surface area contributed by atoms with Crippen molar-refractivity contribution in [3.05, 3.63) is 35.4 Å². The maximum absolute atomic E-state index is 12.5. The summed E-state index contributed by atoms with van der Waals surface area (Å²) in [6, 6.07) is 4.86. The van der Waals surface area contributed by atoms with Gasteiger partial charge in [-0.2, -0.15) is 13.2 Å². The van der Waals surface area contributed by atoms with Crippen molar-refractivity contribution in [3.63, 3.8) is 0 Å². The second-order valence-corrected chi connectivity index (χ2v) is 5.75. The number of carbonyl (C=O) groups excluding carboxylic acids is 1. The van der Waals surface area contributed by atoms with E-state index in [9.17, 15) is 18.0 Å². The van der Waals surface area contributed by atoms with Crippen LogP contribution in [0.2, 0.25) is 0 Å². The van der Waals surface area contributed by atoms with Gasteiger partial charge in [-0.1, -0.05) is 19.1 Å². The molecule has 0 N–H and O–H groups in total. The van der Waals surface area contributed by atoms with E-state index in [0.29, 0.717) is 5.56 Å². The van der Waals surface area contributed by atoms with Crippen LogP contribution in [0.1, 0.15) is 30.9 Å². The zero-order chi connectivity index (χ0) is 15.5. The quantitative estimate of drug-likeness (QED) is 0.828. The number of hydrogen-bond donors (Lipinski definition) is 0. The fraction of sp³-hybridized carbons (Fsp3) is 0.562. The van der Waals surface area contributed by atoms with Crippen molar-refractivity contribution in [1.82, 2.24) is 4.90 Å². The molecule has 0 aromatic heterocycles. The van der Waals surface area contributed by atoms with Crippen LogP contribution in [0.4, 0.5) is 13.2 Å². The molecular formula is C16H20F3NO. The molecule has 0 bridgehead atoms. The van der Waals surface area contributed by atoms with Crippen molar-refractivity contribution < 1.29 is 18.0 Å². The van der Waals surface area contributed by atoms with E-state index < -0.39 is 11.7 Å². The zero-order valence-electron chi connectivity index (χ0n) is 12.1. The lowest BCUT2D eigenvalue weighted by molar-refractivity contribution is -0.137. The van der Waals surface area contributed by atoms with Gasteiger partial charge in [0.15, 0.2) is 0 Å². The predicted molar refractivity (Wildman–Crippen MR) is 75.0 cm³/mol. The second-order valence-electron chi connectivity index (χ2n) is 5.75. The van der Waals surface area contributed by atoms with Crippen molar-refractivity contribution in [3.8, 4) is 0 Å². The Morgan fingerprint density at radius 2 is 1.76 bits per heavy atom. The molecule has 1 aromatic carbocycles. The Bertz CT molecular complexity index is 475. The van der Waals surface area contributed by atoms with E-state index in [1.165, 1.54) is 25.0 Å². The van der Waals surface area contributed by atoms with Crippen molar-refractivity contribution in [2.45, 2.75) is 32.4 Å². The molecule has 21 heavy (non-hydrogen) atoms. The highest BCUT2D eigenvalue weighted by atomic mass is 19.4. The molecule has 1 fully saturated rings. The van der Waals surface area contributed by atoms with Crippen LogP contribution >= 0.6 is 0 Å². The molecule has 1 atom stereocenters. The van der Waals surface area contributed by atoms with Crippen LogP contribution in [-0.4, -0.2) is 30.3 Å². The van der Waals surface area contributed by atoms with Crippen LogP contribution in [0.3, 0.4) is 0 Å². The first kappa shape index (κ1) is 16.0. The summed E-state index contributed by atoms with van der Waals surface area (Å²) in [5, 5.41) is 0. The molecule has 1 heterocycles. The van der Waals surface area contributed by atoms with Gasteiger partial charge < -0.3 is 4.90 Å². The zero-order valence-corrected chi connectivity index (χ0v) is 12.1. The molecule has 0 amide bonds. The lowest BCUT2D eigenvalue weighted by atomic mass is 9.98. The summed E-state index contributed by atoms with van der Waals surface area (Å²) in [7, 11) is 0. The molecule has 1 aliphatic rings. The molecule has 0 unspecified atom stereocenters. The summed E-state index contributed by atoms with van der Waals surface area (Å²) < 4.78 is 37.4. The van der Waals surface area contributed by atoms with Crippen molar-refractivity contribution in [2.24, 2.45) is 5.92 Å². The molecule has 2 nitrogen and oxygen atoms in total. The Morgan fingerprint density at radius 1 is 1.19 bits per heavy atom. The summed E-state index contributed by atoms with van der Waals surface area (Å²) in [5.41, 5.74) is -0.0370. The number of halogens is 3. The highest BCUT2D eigenvalue weighted by Crippen LogP contribution is 2.29. The Hall–Kier alpha value is -1.36. The van der Waals surface area contributed by atoms with E-state index in [1.807, 2.05) is 6.92 Å². The first-order chi connectivity index (χ1) is 9.86. The van der Waals surface area contributed by atoms with Crippen molar-refractivity contribution in [1.29, 1.82) is 0 Å². The summed E-state index contributed by atoms with van der Waals surface area (Å²) in [6.07, 6.45) is -1.77. The maximum atomic E-state index is 12.5. The van der Waals surface area contributed by atoms with E-state index >= 15 is 0 Å². The Labute approximate surface area is 122 Å². The van der Waals surface area contributed by atoms with Gasteiger partial charge in [0.1, 0.15) is 5.78 Å². The van der Waals surface area contributed by atoms with Gasteiger partial charge in [-0.15, -0.1) is 0 Å². The topological polar surface area (TPSA) is 20.3 Å². The average molecular weight is 299 g/mol. The molecule has 0 saturated carbocycles. The molecule has 0 radical (unpaired) electrons. The van der Waals surface area contributed by atoms with Gasteiger partial charge in [0, 0.05) is 18.9 Å². The van der Waals surface area contributed by atoms with E-state index in [1.54, 1.807) is 0 Å². The smallest absolute Gasteiger partial charge is 0.303 e. The number of rotatable bonds is 5. The van der Waals surface area contributed by atoms with Crippen LogP contribution in [0.25, 0.3) is 0 Å². The van der Waals surface area contributed by atoms with Crippen LogP contribution in [-0.2, 0) is 17.4 Å². The van der Waals surface area contributed by atoms with E-state index in [0.717, 1.165) is 31.8 Å². The number of alkyl halides is 3. The minimum Gasteiger partial charge on any atom is -0.303 e. The van der Waals surface area contributed by atoms with Crippen LogP contribution in [0.5, 0.6) is 0 Å². The molecule has 1 saturated heterocycles. The van der Waals surface area contributed by atoms with E-state index in [-0.39, 0.29) is 18.1 Å². The van der Waals surface area contributed by atoms with Gasteiger partial charge in [0.05, 0.1) is 5.56 Å². The molecule has 1 aromatic rings. The summed E-state index contributed by atoms with van der Waals surface area (Å²) in [4.78, 5) is 14.4. The third-order valence-corrected chi connectivity index (χ3v) is 3.94. The van der Waals surface area contributed by atoms with Gasteiger partial charge >= 0.3 is 6.18 Å². The van der Waals surface area contributed by atoms with Crippen LogP contribution in [0.15, 0.2) is 24.3 Å². The minimum absolute atomic E-state index is 0.0783. The lowest BCUT2D eigenvalue weighted by Crippen LogP contribution is -2.30. The summed E-state index contributed by atoms with van der Waals surface area (Å²) in [6.45, 7) is 4.72. The lowest BCUT2D eigenvalue weighted by Gasteiger charge is -2.19. The fourth-order valence-corrected chi connectivity index (χ4v) is 2.64. The highest BCUT2D eigenvalue weighted by molar-refractivity contribution is 5.83. The highest BCUT2D eigenvalue weighted by Gasteiger charge is 2.30. The molecule has 0 spiro atoms. The molecule has 5 heteroatoms. The van der Waals surface area contributed by atoms with Crippen molar-refractivity contribution >= 4 is 5.78 Å². The van der Waals surface area contributed by atoms with Crippen LogP contribution in [0, 0.1) is 5.92 Å². The number of carbonyl (C=O) groups is 1. The predicted octanol–water partition coefficient (Wildman–Crippen LogP) is 3.55. The first-order valence-corrected chi connectivity index (χ1v) is 7.27.